The number of nitrogens with zero attached hydrogens (tertiary/aromatic N) is 1. The van der Waals surface area contributed by atoms with E-state index in [0.717, 1.165) is 31.3 Å². The Kier molecular flexibility index (Phi) is 29.4. The van der Waals surface area contributed by atoms with E-state index in [0.29, 0.717) is 68.8 Å². The lowest BCUT2D eigenvalue weighted by Gasteiger charge is -2.39. The van der Waals surface area contributed by atoms with Crippen LogP contribution < -0.4 is 32.3 Å². The van der Waals surface area contributed by atoms with Crippen molar-refractivity contribution in [3.05, 3.63) is 65.8 Å². The van der Waals surface area contributed by atoms with Crippen LogP contribution >= 0.6 is 11.8 Å². The number of ketones is 3. The van der Waals surface area contributed by atoms with Crippen molar-refractivity contribution in [1.29, 1.82) is 0 Å². The molecule has 86 heavy (non-hydrogen) atoms. The number of piperazine rings is 1. The van der Waals surface area contributed by atoms with Gasteiger partial charge in [-0.25, -0.2) is 9.59 Å². The Labute approximate surface area is 511 Å². The number of hydrogen-bond donors (Lipinski definition) is 7. The number of nitrogens with one attached hydrogen (secondary N) is 5. The van der Waals surface area contributed by atoms with E-state index in [9.17, 15) is 48.3 Å². The molecule has 0 saturated carbocycles. The minimum absolute atomic E-state index is 0.0522. The largest absolute Gasteiger partial charge is 0.459 e. The van der Waals surface area contributed by atoms with E-state index in [2.05, 4.69) is 39.6 Å². The van der Waals surface area contributed by atoms with Crippen LogP contribution in [0.2, 0.25) is 0 Å². The number of hydrogen-bond acceptors (Lipinski definition) is 17. The predicted molar refractivity (Wildman–Crippen MR) is 327 cm³/mol. The number of benzene rings is 1. The normalized spacial score (nSPS) is 25.0. The standard InChI is InChI=1S/C63H95N7O15S/c1-39(2)58(69-56(75)16-12-10-9-11-15-49(72)37-86-8)53(74)31-46(14-13-27-66-61(64)79)60(78)67-47-22-20-45(21-23-47)36-81-62(80)70-29-28-65-48(35-70)32-50(73)33-51-34-63(38-82-63)59(77)55(85-51)25-18-40(3)17-24-54-41(4)30-52(43(6)84-54)68-57(76)26-19-42(5)83-44(7)71/h17-23,25-26,39,41-43,46,48,51-52,54-55,58-59,65,77H,9-16,24,27-38H2,1-8H3,(H,67,78)(H,68,76)(H,69,75)(H3,64,66,79)/b25-18+,26-19-,40-17+/t41-,42-,43+,46+,48?,51+,52+,54-,55+,58-,59+,63+/m0/s1. The molecule has 4 aliphatic rings. The Hall–Kier alpha value is -5.98. The van der Waals surface area contributed by atoms with Crippen LogP contribution in [0.5, 0.6) is 0 Å². The van der Waals surface area contributed by atoms with E-state index in [-0.39, 0.29) is 117 Å². The third-order valence-corrected chi connectivity index (χ3v) is 16.7. The van der Waals surface area contributed by atoms with Gasteiger partial charge in [0.05, 0.1) is 42.8 Å². The maximum atomic E-state index is 13.8. The van der Waals surface area contributed by atoms with Gasteiger partial charge in [-0.1, -0.05) is 69.5 Å². The number of epoxide rings is 1. The summed E-state index contributed by atoms with van der Waals surface area (Å²) >= 11 is 1.51. The van der Waals surface area contributed by atoms with Crippen molar-refractivity contribution in [2.24, 2.45) is 23.5 Å². The predicted octanol–water partition coefficient (Wildman–Crippen LogP) is 6.31. The first-order valence-corrected chi connectivity index (χ1v) is 31.9. The third kappa shape index (κ3) is 24.7. The van der Waals surface area contributed by atoms with Crippen LogP contribution in [0.1, 0.15) is 144 Å². The highest BCUT2D eigenvalue weighted by atomic mass is 32.2. The van der Waals surface area contributed by atoms with Gasteiger partial charge in [0.15, 0.2) is 5.78 Å². The fraction of sp³-hybridized carbons (Fsp3) is 0.667. The van der Waals surface area contributed by atoms with Gasteiger partial charge < -0.3 is 66.0 Å². The van der Waals surface area contributed by atoms with E-state index in [1.165, 1.54) is 30.8 Å². The molecule has 4 saturated heterocycles. The third-order valence-electron chi connectivity index (χ3n) is 16.0. The van der Waals surface area contributed by atoms with Crippen LogP contribution in [-0.4, -0.2) is 168 Å². The van der Waals surface area contributed by atoms with Crippen molar-refractivity contribution < 1.29 is 71.9 Å². The number of thioether (sulfide) groups is 1. The van der Waals surface area contributed by atoms with Gasteiger partial charge in [-0.15, -0.1) is 0 Å². The molecule has 22 nitrogen and oxygen atoms in total. The summed E-state index contributed by atoms with van der Waals surface area (Å²) in [6.07, 6.45) is 13.4. The molecular formula is C63H95N7O15S. The zero-order chi connectivity index (χ0) is 62.9. The number of rotatable bonds is 34. The Morgan fingerprint density at radius 1 is 0.942 bits per heavy atom. The van der Waals surface area contributed by atoms with Crippen molar-refractivity contribution in [3.8, 4) is 0 Å². The number of urea groups is 1. The molecule has 5 rings (SSSR count). The van der Waals surface area contributed by atoms with E-state index in [1.54, 1.807) is 36.1 Å². The highest BCUT2D eigenvalue weighted by Crippen LogP contribution is 2.43. The Morgan fingerprint density at radius 2 is 1.66 bits per heavy atom. The monoisotopic (exact) mass is 1220 g/mol. The number of Topliss-reactive ketones (excluding diaryl/α,β-unsaturated/α-hetero) is 3. The number of primary amides is 1. The van der Waals surface area contributed by atoms with E-state index in [4.69, 9.17) is 29.4 Å². The number of anilines is 1. The molecule has 4 aliphatic heterocycles. The molecule has 4 heterocycles. The number of nitrogens with two attached hydrogens (primary N) is 1. The molecule has 0 bridgehead atoms. The van der Waals surface area contributed by atoms with E-state index >= 15 is 0 Å². The second-order valence-electron chi connectivity index (χ2n) is 23.9. The minimum Gasteiger partial charge on any atom is -0.459 e. The molecule has 1 aromatic rings. The summed E-state index contributed by atoms with van der Waals surface area (Å²) in [6.45, 7) is 14.2. The number of aliphatic hydroxyl groups is 1. The van der Waals surface area contributed by atoms with Crippen molar-refractivity contribution in [1.82, 2.24) is 26.2 Å². The van der Waals surface area contributed by atoms with Crippen LogP contribution in [0, 0.1) is 17.8 Å². The average molecular weight is 1220 g/mol. The summed E-state index contributed by atoms with van der Waals surface area (Å²) in [5, 5.41) is 25.9. The summed E-state index contributed by atoms with van der Waals surface area (Å²) in [6, 6.07) is 4.75. The maximum absolute atomic E-state index is 13.8. The quantitative estimate of drug-likeness (QED) is 0.0131. The van der Waals surface area contributed by atoms with Gasteiger partial charge in [0.25, 0.3) is 0 Å². The minimum atomic E-state index is -0.915. The second-order valence-corrected chi connectivity index (χ2v) is 24.8. The number of amides is 6. The molecule has 23 heteroatoms. The van der Waals surface area contributed by atoms with Gasteiger partial charge in [0.1, 0.15) is 42.1 Å². The Bertz CT molecular complexity index is 2540. The number of aliphatic hydroxyl groups excluding tert-OH is 1. The molecule has 0 aromatic heterocycles. The molecule has 1 aromatic carbocycles. The number of allylic oxidation sites excluding steroid dienone is 2. The molecule has 1 spiro atoms. The molecule has 6 amide bonds. The number of carbonyl (C=O) groups is 9. The van der Waals surface area contributed by atoms with Gasteiger partial charge in [-0.05, 0) is 101 Å². The van der Waals surface area contributed by atoms with Crippen LogP contribution in [0.4, 0.5) is 15.3 Å². The zero-order valence-electron chi connectivity index (χ0n) is 51.6. The molecule has 12 atom stereocenters. The lowest BCUT2D eigenvalue weighted by molar-refractivity contribution is -0.145. The topological polar surface area (TPSA) is 313 Å². The van der Waals surface area contributed by atoms with Crippen LogP contribution in [-0.2, 0) is 63.9 Å². The highest BCUT2D eigenvalue weighted by Gasteiger charge is 2.58. The SMILES string of the molecule is CSCC(=O)CCCCCCC(=O)N[C@H](C(=O)C[C@@H](CCCNC(N)=O)C(=O)Nc1ccc(COC(=O)N2CCNC(CC(=O)C[C@@H]3C[C@@]4(CO4)[C@H](O)[C@@H](/C=C/C(C)=C/C[C@@H]4O[C@H](C)[C@H](NC(=O)/C=C\[C@H](C)OC(C)=O)C[C@@H]4C)O3)C2)cc1)C(C)C. The first-order chi connectivity index (χ1) is 40.9. The zero-order valence-corrected chi connectivity index (χ0v) is 52.4. The number of ether oxygens (including phenoxy) is 5. The van der Waals surface area contributed by atoms with Gasteiger partial charge in [-0.3, -0.25) is 33.6 Å². The molecule has 478 valence electrons. The molecule has 1 unspecified atom stereocenters. The summed E-state index contributed by atoms with van der Waals surface area (Å²) < 4.78 is 29.2. The lowest BCUT2D eigenvalue weighted by Crippen LogP contribution is -2.53. The molecule has 0 radical (unpaired) electrons. The van der Waals surface area contributed by atoms with Gasteiger partial charge in [-0.2, -0.15) is 11.8 Å². The smallest absolute Gasteiger partial charge is 0.410 e. The average Bonchev–Trinajstić information content (AvgIpc) is 2.11. The highest BCUT2D eigenvalue weighted by molar-refractivity contribution is 7.99. The van der Waals surface area contributed by atoms with E-state index in [1.807, 2.05) is 46.1 Å². The summed E-state index contributed by atoms with van der Waals surface area (Å²) in [4.78, 5) is 116. The Morgan fingerprint density at radius 3 is 2.34 bits per heavy atom. The summed E-state index contributed by atoms with van der Waals surface area (Å²) in [7, 11) is 0. The fourth-order valence-corrected chi connectivity index (χ4v) is 11.6. The van der Waals surface area contributed by atoms with Gasteiger partial charge in [0, 0.05) is 95.4 Å². The van der Waals surface area contributed by atoms with Crippen LogP contribution in [0.15, 0.2) is 60.2 Å². The van der Waals surface area contributed by atoms with Gasteiger partial charge >= 0.3 is 18.1 Å². The van der Waals surface area contributed by atoms with Crippen LogP contribution in [0.3, 0.4) is 0 Å². The summed E-state index contributed by atoms with van der Waals surface area (Å²) in [5.74, 6) is -1.85. The molecule has 0 aliphatic carbocycles. The number of unbranched alkanes of at least 4 members (excludes halogenated alkanes) is 3. The van der Waals surface area contributed by atoms with E-state index < -0.39 is 66.0 Å². The molecule has 4 fully saturated rings. The van der Waals surface area contributed by atoms with Crippen molar-refractivity contribution in [2.45, 2.75) is 205 Å². The van der Waals surface area contributed by atoms with Crippen molar-refractivity contribution in [3.63, 3.8) is 0 Å². The van der Waals surface area contributed by atoms with Gasteiger partial charge in [0.2, 0.25) is 17.7 Å². The van der Waals surface area contributed by atoms with Crippen molar-refractivity contribution in [2.75, 3.05) is 50.1 Å². The first kappa shape index (κ1) is 70.8. The first-order valence-electron chi connectivity index (χ1n) is 30.5. The lowest BCUT2D eigenvalue weighted by atomic mass is 9.86. The summed E-state index contributed by atoms with van der Waals surface area (Å²) in [5.41, 5.74) is 6.51. The Balaban J connectivity index is 1.05. The second kappa shape index (κ2) is 35.7. The molecular weight excluding hydrogens is 1130 g/mol. The number of esters is 1. The number of carbonyl (C=O) groups excluding carboxylic acids is 9. The fourth-order valence-electron chi connectivity index (χ4n) is 11.1. The maximum Gasteiger partial charge on any atom is 0.410 e. The van der Waals surface area contributed by atoms with Crippen molar-refractivity contribution >= 4 is 70.6 Å². The molecule has 8 N–H and O–H groups in total. The van der Waals surface area contributed by atoms with Crippen LogP contribution in [0.25, 0.3) is 0 Å².